The van der Waals surface area contributed by atoms with Crippen molar-refractivity contribution in [3.8, 4) is 0 Å². The Labute approximate surface area is 135 Å². The first kappa shape index (κ1) is 22.6. The molecule has 0 saturated carbocycles. The van der Waals surface area contributed by atoms with E-state index in [1.54, 1.807) is 0 Å². The Morgan fingerprint density at radius 2 is 0.957 bits per heavy atom. The first-order valence-corrected chi connectivity index (χ1v) is 7.57. The summed E-state index contributed by atoms with van der Waals surface area (Å²) in [5.74, 6) is 0. The van der Waals surface area contributed by atoms with Crippen LogP contribution in [0.25, 0.3) is 0 Å². The highest BCUT2D eigenvalue weighted by molar-refractivity contribution is 4.96. The van der Waals surface area contributed by atoms with Crippen LogP contribution >= 0.6 is 0 Å². The molecule has 0 spiro atoms. The topological polar surface area (TPSA) is 188 Å². The highest BCUT2D eigenvalue weighted by Crippen LogP contribution is 2.41. The fourth-order valence-electron chi connectivity index (χ4n) is 3.07. The number of aliphatic hydroxyl groups is 8. The summed E-state index contributed by atoms with van der Waals surface area (Å²) >= 11 is 0. The molecule has 0 heterocycles. The third-order valence-corrected chi connectivity index (χ3v) is 4.00. The van der Waals surface area contributed by atoms with E-state index in [1.807, 2.05) is 0 Å². The molecule has 0 rings (SSSR count). The zero-order valence-corrected chi connectivity index (χ0v) is 13.3. The molecule has 3 atom stereocenters. The number of rotatable bonds is 13. The van der Waals surface area contributed by atoms with Gasteiger partial charge >= 0.3 is 0 Å². The number of nitrogens with two attached hydrogens (primary N) is 1. The molecule has 0 aromatic rings. The van der Waals surface area contributed by atoms with Crippen molar-refractivity contribution in [2.45, 2.75) is 49.5 Å². The molecule has 0 saturated heterocycles. The highest BCUT2D eigenvalue weighted by Gasteiger charge is 2.42. The van der Waals surface area contributed by atoms with Crippen LogP contribution in [-0.4, -0.2) is 97.7 Å². The van der Waals surface area contributed by atoms with Crippen molar-refractivity contribution in [1.29, 1.82) is 0 Å². The average molecular weight is 341 g/mol. The van der Waals surface area contributed by atoms with Gasteiger partial charge in [0.25, 0.3) is 0 Å². The van der Waals surface area contributed by atoms with Crippen LogP contribution in [-0.2, 0) is 0 Å². The lowest BCUT2D eigenvalue weighted by Crippen LogP contribution is -2.53. The van der Waals surface area contributed by atoms with Crippen molar-refractivity contribution in [3.05, 3.63) is 0 Å². The normalized spacial score (nSPS) is 19.2. The van der Waals surface area contributed by atoms with Gasteiger partial charge in [-0.25, -0.2) is 0 Å². The van der Waals surface area contributed by atoms with Gasteiger partial charge in [0.05, 0.1) is 56.9 Å². The van der Waals surface area contributed by atoms with Gasteiger partial charge in [-0.3, -0.25) is 0 Å². The van der Waals surface area contributed by atoms with Crippen molar-refractivity contribution in [2.75, 3.05) is 33.0 Å². The minimum atomic E-state index is -1.44. The van der Waals surface area contributed by atoms with Crippen molar-refractivity contribution < 1.29 is 40.9 Å². The molecule has 0 bridgehead atoms. The van der Waals surface area contributed by atoms with Crippen molar-refractivity contribution in [2.24, 2.45) is 11.1 Å². The molecule has 0 amide bonds. The van der Waals surface area contributed by atoms with E-state index in [2.05, 4.69) is 0 Å². The summed E-state index contributed by atoms with van der Waals surface area (Å²) in [6.07, 6.45) is -3.96. The van der Waals surface area contributed by atoms with Crippen LogP contribution in [0, 0.1) is 5.41 Å². The molecule has 10 N–H and O–H groups in total. The monoisotopic (exact) mass is 341 g/mol. The van der Waals surface area contributed by atoms with E-state index in [1.165, 1.54) is 0 Å². The second kappa shape index (κ2) is 10.5. The van der Waals surface area contributed by atoms with E-state index in [9.17, 15) is 25.5 Å². The van der Waals surface area contributed by atoms with E-state index >= 15 is 0 Å². The summed E-state index contributed by atoms with van der Waals surface area (Å²) in [5, 5.41) is 75.5. The molecule has 9 nitrogen and oxygen atoms in total. The summed E-state index contributed by atoms with van der Waals surface area (Å²) in [4.78, 5) is 0. The zero-order chi connectivity index (χ0) is 18.1. The number of aliphatic hydroxyl groups excluding tert-OH is 8. The van der Waals surface area contributed by atoms with E-state index in [4.69, 9.17) is 21.1 Å². The SMILES string of the molecule is NC(CO)(CO)CC(CC(O)CO)(CC(O)CO)CC(O)CO. The fourth-order valence-corrected chi connectivity index (χ4v) is 3.07. The largest absolute Gasteiger partial charge is 0.394 e. The lowest BCUT2D eigenvalue weighted by Gasteiger charge is -2.43. The van der Waals surface area contributed by atoms with Gasteiger partial charge < -0.3 is 46.6 Å². The van der Waals surface area contributed by atoms with Crippen LogP contribution in [0.2, 0.25) is 0 Å². The van der Waals surface area contributed by atoms with Crippen molar-refractivity contribution in [1.82, 2.24) is 0 Å². The molecule has 0 aromatic carbocycles. The van der Waals surface area contributed by atoms with Crippen LogP contribution in [0.5, 0.6) is 0 Å². The zero-order valence-electron chi connectivity index (χ0n) is 13.3. The van der Waals surface area contributed by atoms with Gasteiger partial charge in [-0.05, 0) is 31.1 Å². The molecule has 23 heavy (non-hydrogen) atoms. The van der Waals surface area contributed by atoms with E-state index in [-0.39, 0.29) is 25.7 Å². The van der Waals surface area contributed by atoms with E-state index in [0.717, 1.165) is 0 Å². The standard InChI is InChI=1S/C14H31NO8/c15-14(8-19,9-20)7-13(1-10(21)4-16,2-11(22)5-17)3-12(23)6-18/h10-12,16-23H,1-9,15H2. The molecule has 0 fully saturated rings. The van der Waals surface area contributed by atoms with Gasteiger partial charge in [-0.1, -0.05) is 0 Å². The van der Waals surface area contributed by atoms with Crippen LogP contribution in [0.4, 0.5) is 0 Å². The van der Waals surface area contributed by atoms with Crippen LogP contribution in [0.1, 0.15) is 25.7 Å². The molecule has 0 aliphatic rings. The first-order valence-electron chi connectivity index (χ1n) is 7.57. The van der Waals surface area contributed by atoms with Gasteiger partial charge in [0.15, 0.2) is 0 Å². The van der Waals surface area contributed by atoms with Crippen molar-refractivity contribution >= 4 is 0 Å². The smallest absolute Gasteiger partial charge is 0.0776 e. The Morgan fingerprint density at radius 3 is 1.17 bits per heavy atom. The van der Waals surface area contributed by atoms with Gasteiger partial charge in [0.1, 0.15) is 0 Å². The average Bonchev–Trinajstić information content (AvgIpc) is 2.53. The summed E-state index contributed by atoms with van der Waals surface area (Å²) in [6.45, 7) is -2.86. The maximum absolute atomic E-state index is 9.80. The molecule has 0 aliphatic heterocycles. The molecule has 0 aliphatic carbocycles. The molecular formula is C14H31NO8. The predicted octanol–water partition coefficient (Wildman–Crippen LogP) is -3.73. The van der Waals surface area contributed by atoms with Crippen LogP contribution in [0.15, 0.2) is 0 Å². The van der Waals surface area contributed by atoms with E-state index in [0.29, 0.717) is 0 Å². The van der Waals surface area contributed by atoms with Crippen LogP contribution < -0.4 is 5.73 Å². The second-order valence-corrected chi connectivity index (χ2v) is 6.48. The number of hydrogen-bond acceptors (Lipinski definition) is 9. The Balaban J connectivity index is 5.59. The third-order valence-electron chi connectivity index (χ3n) is 4.00. The summed E-state index contributed by atoms with van der Waals surface area (Å²) in [6, 6.07) is 0. The quantitative estimate of drug-likeness (QED) is 0.162. The molecule has 9 heteroatoms. The van der Waals surface area contributed by atoms with Crippen LogP contribution in [0.3, 0.4) is 0 Å². The summed E-state index contributed by atoms with van der Waals surface area (Å²) in [7, 11) is 0. The maximum Gasteiger partial charge on any atom is 0.0776 e. The van der Waals surface area contributed by atoms with E-state index < -0.39 is 62.3 Å². The Hall–Kier alpha value is -0.360. The van der Waals surface area contributed by atoms with Crippen molar-refractivity contribution in [3.63, 3.8) is 0 Å². The Morgan fingerprint density at radius 1 is 0.652 bits per heavy atom. The predicted molar refractivity (Wildman–Crippen MR) is 81.3 cm³/mol. The summed E-state index contributed by atoms with van der Waals surface area (Å²) in [5.41, 5.74) is 3.34. The number of hydrogen-bond donors (Lipinski definition) is 9. The van der Waals surface area contributed by atoms with Gasteiger partial charge in [-0.2, -0.15) is 0 Å². The molecule has 140 valence electrons. The fraction of sp³-hybridized carbons (Fsp3) is 1.00. The Bertz CT molecular complexity index is 282. The molecular weight excluding hydrogens is 310 g/mol. The maximum atomic E-state index is 9.80. The summed E-state index contributed by atoms with van der Waals surface area (Å²) < 4.78 is 0. The van der Waals surface area contributed by atoms with Gasteiger partial charge in [0, 0.05) is 0 Å². The minimum absolute atomic E-state index is 0.0990. The second-order valence-electron chi connectivity index (χ2n) is 6.48. The third kappa shape index (κ3) is 7.84. The lowest BCUT2D eigenvalue weighted by atomic mass is 9.66. The highest BCUT2D eigenvalue weighted by atomic mass is 16.3. The van der Waals surface area contributed by atoms with Gasteiger partial charge in [-0.15, -0.1) is 0 Å². The molecule has 0 radical (unpaired) electrons. The molecule has 3 unspecified atom stereocenters. The first-order chi connectivity index (χ1) is 10.7. The Kier molecular flexibility index (Phi) is 10.3. The lowest BCUT2D eigenvalue weighted by molar-refractivity contribution is -0.0495. The van der Waals surface area contributed by atoms with Gasteiger partial charge in [0.2, 0.25) is 0 Å². The minimum Gasteiger partial charge on any atom is -0.394 e. The molecule has 0 aromatic heterocycles.